The number of aryl methyl sites for hydroxylation is 3. The summed E-state index contributed by atoms with van der Waals surface area (Å²) in [6, 6.07) is 15.6. The van der Waals surface area contributed by atoms with Gasteiger partial charge in [0.05, 0.1) is 35.7 Å². The van der Waals surface area contributed by atoms with Gasteiger partial charge in [-0.2, -0.15) is 0 Å². The van der Waals surface area contributed by atoms with Crippen molar-refractivity contribution >= 4 is 23.2 Å². The predicted octanol–water partition coefficient (Wildman–Crippen LogP) is 7.36. The van der Waals surface area contributed by atoms with Crippen LogP contribution in [0.25, 0.3) is 27.5 Å². The summed E-state index contributed by atoms with van der Waals surface area (Å²) in [7, 11) is 0. The Labute approximate surface area is 293 Å². The molecule has 2 aromatic heterocycles. The molecule has 0 aliphatic carbocycles. The maximum Gasteiger partial charge on any atom is 0.265 e. The van der Waals surface area contributed by atoms with Crippen molar-refractivity contribution in [3.05, 3.63) is 91.7 Å². The number of thiazole rings is 1. The van der Waals surface area contributed by atoms with Crippen molar-refractivity contribution in [1.29, 1.82) is 0 Å². The van der Waals surface area contributed by atoms with Crippen molar-refractivity contribution in [1.82, 2.24) is 19.4 Å². The molecule has 0 bridgehead atoms. The number of morpholine rings is 1. The first-order valence-electron chi connectivity index (χ1n) is 17.9. The molecule has 0 spiro atoms. The van der Waals surface area contributed by atoms with E-state index in [1.165, 1.54) is 11.3 Å². The Balaban J connectivity index is 1.50. The highest BCUT2D eigenvalue weighted by atomic mass is 32.1. The standard InChI is InChI=1S/C40H48N4O4S/c1-6-28-12-11-13-29(7-2)36(28)44-34(24-26(3)4)32(39(46)42-18-9-8-10-19-42)25-33(40(44)47)37-41-35(27(5)49-37)30-14-16-31(17-15-30)38(45)43-20-22-48-23-21-43/h11-17,25-26H,6-10,18-24H2,1-5H3. The predicted molar refractivity (Wildman–Crippen MR) is 197 cm³/mol. The normalized spacial score (nSPS) is 15.2. The van der Waals surface area contributed by atoms with Gasteiger partial charge in [0.25, 0.3) is 17.4 Å². The van der Waals surface area contributed by atoms with Crippen LogP contribution in [0.3, 0.4) is 0 Å². The number of rotatable bonds is 9. The molecule has 2 amide bonds. The number of para-hydroxylation sites is 1. The monoisotopic (exact) mass is 680 g/mol. The van der Waals surface area contributed by atoms with E-state index in [1.54, 1.807) is 0 Å². The van der Waals surface area contributed by atoms with E-state index in [0.29, 0.717) is 54.4 Å². The van der Waals surface area contributed by atoms with Gasteiger partial charge >= 0.3 is 0 Å². The molecule has 2 aromatic carbocycles. The molecule has 0 N–H and O–H groups in total. The number of hydrogen-bond donors (Lipinski definition) is 0. The highest BCUT2D eigenvalue weighted by Gasteiger charge is 2.29. The molecular weight excluding hydrogens is 633 g/mol. The molecule has 4 aromatic rings. The molecule has 6 rings (SSSR count). The van der Waals surface area contributed by atoms with Gasteiger partial charge < -0.3 is 14.5 Å². The number of nitrogens with zero attached hydrogens (tertiary/aromatic N) is 4. The molecule has 2 aliphatic rings. The zero-order chi connectivity index (χ0) is 34.7. The second-order valence-corrected chi connectivity index (χ2v) is 14.8. The summed E-state index contributed by atoms with van der Waals surface area (Å²) < 4.78 is 7.27. The van der Waals surface area contributed by atoms with Gasteiger partial charge in [0.2, 0.25) is 0 Å². The van der Waals surface area contributed by atoms with Gasteiger partial charge in [0.1, 0.15) is 5.01 Å². The highest BCUT2D eigenvalue weighted by molar-refractivity contribution is 7.15. The molecule has 258 valence electrons. The van der Waals surface area contributed by atoms with Gasteiger partial charge in [0.15, 0.2) is 0 Å². The van der Waals surface area contributed by atoms with Gasteiger partial charge in [-0.15, -0.1) is 11.3 Å². The zero-order valence-corrected chi connectivity index (χ0v) is 30.3. The lowest BCUT2D eigenvalue weighted by molar-refractivity contribution is 0.0303. The fourth-order valence-electron chi connectivity index (χ4n) is 7.08. The van der Waals surface area contributed by atoms with Crippen LogP contribution in [0.1, 0.15) is 89.4 Å². The van der Waals surface area contributed by atoms with Crippen molar-refractivity contribution in [3.63, 3.8) is 0 Å². The third kappa shape index (κ3) is 7.15. The van der Waals surface area contributed by atoms with Crippen molar-refractivity contribution in [2.24, 2.45) is 5.92 Å². The smallest absolute Gasteiger partial charge is 0.265 e. The Hall–Kier alpha value is -4.08. The maximum atomic E-state index is 14.9. The zero-order valence-electron chi connectivity index (χ0n) is 29.5. The van der Waals surface area contributed by atoms with Gasteiger partial charge in [0, 0.05) is 47.9 Å². The third-order valence-corrected chi connectivity index (χ3v) is 10.7. The van der Waals surface area contributed by atoms with Crippen molar-refractivity contribution < 1.29 is 14.3 Å². The minimum absolute atomic E-state index is 0.00251. The van der Waals surface area contributed by atoms with E-state index >= 15 is 0 Å². The Kier molecular flexibility index (Phi) is 10.8. The van der Waals surface area contributed by atoms with Crippen LogP contribution in [-0.2, 0) is 24.0 Å². The number of ether oxygens (including phenoxy) is 1. The van der Waals surface area contributed by atoms with Crippen LogP contribution in [0, 0.1) is 12.8 Å². The lowest BCUT2D eigenvalue weighted by Crippen LogP contribution is -2.40. The minimum atomic E-state index is -0.145. The molecule has 2 saturated heterocycles. The van der Waals surface area contributed by atoms with Crippen molar-refractivity contribution in [2.75, 3.05) is 39.4 Å². The number of aromatic nitrogens is 2. The summed E-state index contributed by atoms with van der Waals surface area (Å²) in [4.78, 5) is 52.3. The quantitative estimate of drug-likeness (QED) is 0.185. The molecule has 8 nitrogen and oxygen atoms in total. The first kappa shape index (κ1) is 34.8. The summed E-state index contributed by atoms with van der Waals surface area (Å²) in [5.41, 5.74) is 7.03. The SMILES string of the molecule is CCc1cccc(CC)c1-n1c(CC(C)C)c(C(=O)N2CCCCC2)cc(-c2nc(-c3ccc(C(=O)N4CCOCC4)cc3)c(C)s2)c1=O. The second-order valence-electron chi connectivity index (χ2n) is 13.5. The van der Waals surface area contributed by atoms with Gasteiger partial charge in [-0.05, 0) is 80.7 Å². The van der Waals surface area contributed by atoms with Gasteiger partial charge in [-0.3, -0.25) is 19.0 Å². The van der Waals surface area contributed by atoms with Crippen LogP contribution in [0.5, 0.6) is 0 Å². The van der Waals surface area contributed by atoms with E-state index in [1.807, 2.05) is 51.6 Å². The topological polar surface area (TPSA) is 84.7 Å². The van der Waals surface area contributed by atoms with Crippen LogP contribution < -0.4 is 5.56 Å². The second kappa shape index (κ2) is 15.2. The molecule has 9 heteroatoms. The summed E-state index contributed by atoms with van der Waals surface area (Å²) in [5.74, 6) is 0.221. The molecular formula is C40H48N4O4S. The number of benzene rings is 2. The molecule has 2 fully saturated rings. The Morgan fingerprint density at radius 1 is 0.878 bits per heavy atom. The van der Waals surface area contributed by atoms with Crippen molar-refractivity contribution in [3.8, 4) is 27.5 Å². The summed E-state index contributed by atoms with van der Waals surface area (Å²) in [6.45, 7) is 14.3. The molecule has 4 heterocycles. The minimum Gasteiger partial charge on any atom is -0.378 e. The van der Waals surface area contributed by atoms with Gasteiger partial charge in [-0.25, -0.2) is 4.98 Å². The molecule has 0 saturated carbocycles. The number of likely N-dealkylation sites (tertiary alicyclic amines) is 1. The van der Waals surface area contributed by atoms with Crippen LogP contribution in [0.15, 0.2) is 53.3 Å². The highest BCUT2D eigenvalue weighted by Crippen LogP contribution is 2.35. The molecule has 2 aliphatic heterocycles. The molecule has 0 unspecified atom stereocenters. The van der Waals surface area contributed by atoms with Crippen LogP contribution in [0.2, 0.25) is 0 Å². The molecule has 49 heavy (non-hydrogen) atoms. The van der Waals surface area contributed by atoms with E-state index < -0.39 is 0 Å². The van der Waals surface area contributed by atoms with E-state index in [2.05, 4.69) is 45.9 Å². The van der Waals surface area contributed by atoms with Gasteiger partial charge in [-0.1, -0.05) is 58.0 Å². The number of carbonyl (C=O) groups excluding carboxylic acids is 2. The lowest BCUT2D eigenvalue weighted by Gasteiger charge is -2.29. The lowest BCUT2D eigenvalue weighted by atomic mass is 9.96. The Morgan fingerprint density at radius 2 is 1.51 bits per heavy atom. The number of hydrogen-bond acceptors (Lipinski definition) is 6. The maximum absolute atomic E-state index is 14.9. The summed E-state index contributed by atoms with van der Waals surface area (Å²) in [6.07, 6.45) is 5.23. The van der Waals surface area contributed by atoms with Crippen molar-refractivity contribution in [2.45, 2.75) is 73.1 Å². The molecule has 0 atom stereocenters. The number of carbonyl (C=O) groups is 2. The van der Waals surface area contributed by atoms with E-state index in [4.69, 9.17) is 9.72 Å². The van der Waals surface area contributed by atoms with E-state index in [-0.39, 0.29) is 23.3 Å². The molecule has 0 radical (unpaired) electrons. The first-order valence-corrected chi connectivity index (χ1v) is 18.7. The number of pyridine rings is 1. The Bertz CT molecular complexity index is 1860. The van der Waals surface area contributed by atoms with Crippen LogP contribution in [-0.4, -0.2) is 70.6 Å². The average molecular weight is 681 g/mol. The Morgan fingerprint density at radius 3 is 2.12 bits per heavy atom. The largest absolute Gasteiger partial charge is 0.378 e. The van der Waals surface area contributed by atoms with E-state index in [0.717, 1.165) is 83.8 Å². The fraction of sp³-hybridized carbons (Fsp3) is 0.450. The summed E-state index contributed by atoms with van der Waals surface area (Å²) >= 11 is 1.47. The third-order valence-electron chi connectivity index (χ3n) is 9.70. The average Bonchev–Trinajstić information content (AvgIpc) is 3.52. The summed E-state index contributed by atoms with van der Waals surface area (Å²) in [5, 5.41) is 0.593. The number of piperidine rings is 1. The van der Waals surface area contributed by atoms with Crippen LogP contribution >= 0.6 is 11.3 Å². The fourth-order valence-corrected chi connectivity index (χ4v) is 8.03. The van der Waals surface area contributed by atoms with E-state index in [9.17, 15) is 14.4 Å². The van der Waals surface area contributed by atoms with Crippen LogP contribution in [0.4, 0.5) is 0 Å². The number of amides is 2. The first-order chi connectivity index (χ1) is 23.7.